The summed E-state index contributed by atoms with van der Waals surface area (Å²) < 4.78 is 22.2. The summed E-state index contributed by atoms with van der Waals surface area (Å²) in [7, 11) is 0. The zero-order valence-electron chi connectivity index (χ0n) is 22.6. The number of benzene rings is 3. The van der Waals surface area contributed by atoms with Gasteiger partial charge in [0, 0.05) is 35.9 Å². The van der Waals surface area contributed by atoms with Gasteiger partial charge in [-0.2, -0.15) is 5.10 Å². The number of aliphatic carboxylic acids is 1. The van der Waals surface area contributed by atoms with Crippen molar-refractivity contribution in [2.75, 3.05) is 6.54 Å². The fourth-order valence-corrected chi connectivity index (χ4v) is 5.80. The molecule has 1 N–H and O–H groups in total. The molecule has 1 saturated heterocycles. The van der Waals surface area contributed by atoms with Crippen LogP contribution in [-0.2, 0) is 16.2 Å². The van der Waals surface area contributed by atoms with E-state index in [2.05, 4.69) is 0 Å². The number of hydrogen-bond acceptors (Lipinski definition) is 6. The minimum absolute atomic E-state index is 0.0836. The van der Waals surface area contributed by atoms with E-state index in [1.165, 1.54) is 17.8 Å². The highest BCUT2D eigenvalue weighted by Crippen LogP contribution is 2.35. The minimum Gasteiger partial charge on any atom is -0.489 e. The van der Waals surface area contributed by atoms with Crippen molar-refractivity contribution in [1.82, 2.24) is 14.7 Å². The summed E-state index contributed by atoms with van der Waals surface area (Å²) in [4.78, 5) is 26.1. The van der Waals surface area contributed by atoms with E-state index in [9.17, 15) is 14.0 Å². The number of para-hydroxylation sites is 1. The van der Waals surface area contributed by atoms with Crippen LogP contribution in [0.3, 0.4) is 0 Å². The first-order valence-electron chi connectivity index (χ1n) is 13.5. The number of carbonyl (C=O) groups is 2. The van der Waals surface area contributed by atoms with Crippen LogP contribution in [0.1, 0.15) is 36.8 Å². The van der Waals surface area contributed by atoms with Crippen LogP contribution in [0.2, 0.25) is 0 Å². The third-order valence-electron chi connectivity index (χ3n) is 6.66. The molecule has 0 saturated carbocycles. The van der Waals surface area contributed by atoms with Crippen LogP contribution in [0.4, 0.5) is 4.39 Å². The molecule has 42 heavy (non-hydrogen) atoms. The van der Waals surface area contributed by atoms with Crippen LogP contribution in [0.15, 0.2) is 90.0 Å². The largest absolute Gasteiger partial charge is 0.489 e. The summed E-state index contributed by atoms with van der Waals surface area (Å²) in [5, 5.41) is 13.7. The molecular weight excluding hydrogens is 574 g/mol. The lowest BCUT2D eigenvalue weighted by atomic mass is 10.1. The first kappa shape index (κ1) is 29.2. The number of halogens is 1. The number of thiocarbonyl (C=S) groups is 1. The fraction of sp³-hybridized carbons (Fsp3) is 0.188. The average molecular weight is 602 g/mol. The predicted molar refractivity (Wildman–Crippen MR) is 166 cm³/mol. The van der Waals surface area contributed by atoms with E-state index in [4.69, 9.17) is 27.2 Å². The third kappa shape index (κ3) is 7.13. The van der Waals surface area contributed by atoms with Crippen LogP contribution >= 0.6 is 24.0 Å². The number of carboxylic acids is 1. The lowest BCUT2D eigenvalue weighted by Gasteiger charge is -2.13. The standard InChI is InChI=1S/C32H28FN3O4S2/c33-27-15-7-6-10-23(27)21-40-26-14-9-11-22(18-26)30-24(20-36(34-30)25-12-3-1-4-13-25)19-28-31(39)35(32(41)42-28)17-8-2-5-16-29(37)38/h1,3-4,6-7,9-15,18-20H,2,5,8,16-17,21H2,(H,37,38)/b28-19-. The Morgan fingerprint density at radius 2 is 1.81 bits per heavy atom. The molecule has 10 heteroatoms. The molecule has 0 radical (unpaired) electrons. The highest BCUT2D eigenvalue weighted by Gasteiger charge is 2.32. The highest BCUT2D eigenvalue weighted by atomic mass is 32.2. The van der Waals surface area contributed by atoms with E-state index >= 15 is 0 Å². The van der Waals surface area contributed by atoms with Gasteiger partial charge in [0.2, 0.25) is 0 Å². The average Bonchev–Trinajstić information content (AvgIpc) is 3.53. The molecular formula is C32H28FN3O4S2. The molecule has 1 aliphatic heterocycles. The second-order valence-electron chi connectivity index (χ2n) is 9.66. The van der Waals surface area contributed by atoms with Gasteiger partial charge in [-0.1, -0.05) is 78.9 Å². The van der Waals surface area contributed by atoms with Crippen molar-refractivity contribution < 1.29 is 23.8 Å². The van der Waals surface area contributed by atoms with Gasteiger partial charge in [0.1, 0.15) is 28.2 Å². The number of aromatic nitrogens is 2. The summed E-state index contributed by atoms with van der Waals surface area (Å²) in [5.74, 6) is -0.762. The lowest BCUT2D eigenvalue weighted by molar-refractivity contribution is -0.137. The molecule has 1 aliphatic rings. The molecule has 0 bridgehead atoms. The lowest BCUT2D eigenvalue weighted by Crippen LogP contribution is -2.29. The zero-order chi connectivity index (χ0) is 29.5. The van der Waals surface area contributed by atoms with Crippen molar-refractivity contribution in [3.63, 3.8) is 0 Å². The molecule has 214 valence electrons. The van der Waals surface area contributed by atoms with Gasteiger partial charge in [-0.25, -0.2) is 9.07 Å². The molecule has 0 aliphatic carbocycles. The number of nitrogens with zero attached hydrogens (tertiary/aromatic N) is 3. The van der Waals surface area contributed by atoms with Gasteiger partial charge in [0.25, 0.3) is 5.91 Å². The Balaban J connectivity index is 1.40. The fourth-order valence-electron chi connectivity index (χ4n) is 4.50. The molecule has 1 aromatic heterocycles. The van der Waals surface area contributed by atoms with E-state index in [1.807, 2.05) is 54.7 Å². The third-order valence-corrected chi connectivity index (χ3v) is 8.03. The Morgan fingerprint density at radius 1 is 1.02 bits per heavy atom. The first-order valence-corrected chi connectivity index (χ1v) is 14.7. The number of thioether (sulfide) groups is 1. The molecule has 7 nitrogen and oxygen atoms in total. The van der Waals surface area contributed by atoms with E-state index in [0.29, 0.717) is 52.0 Å². The number of carbonyl (C=O) groups excluding carboxylic acids is 1. The van der Waals surface area contributed by atoms with Crippen molar-refractivity contribution >= 4 is 46.3 Å². The Labute approximate surface area is 252 Å². The molecule has 5 rings (SSSR count). The number of rotatable bonds is 12. The predicted octanol–water partition coefficient (Wildman–Crippen LogP) is 7.10. The minimum atomic E-state index is -0.822. The van der Waals surface area contributed by atoms with Gasteiger partial charge in [-0.3, -0.25) is 14.5 Å². The summed E-state index contributed by atoms with van der Waals surface area (Å²) in [5.41, 5.74) is 3.47. The quantitative estimate of drug-likeness (QED) is 0.105. The van der Waals surface area contributed by atoms with Crippen molar-refractivity contribution in [2.24, 2.45) is 0 Å². The van der Waals surface area contributed by atoms with Crippen molar-refractivity contribution in [3.8, 4) is 22.7 Å². The summed E-state index contributed by atoms with van der Waals surface area (Å²) in [6, 6.07) is 23.6. The Morgan fingerprint density at radius 3 is 2.60 bits per heavy atom. The normalized spacial score (nSPS) is 14.1. The topological polar surface area (TPSA) is 84.7 Å². The van der Waals surface area contributed by atoms with Crippen LogP contribution in [-0.4, -0.2) is 42.5 Å². The van der Waals surface area contributed by atoms with E-state index in [0.717, 1.165) is 16.8 Å². The molecule has 3 aromatic carbocycles. The van der Waals surface area contributed by atoms with Gasteiger partial charge in [0.15, 0.2) is 0 Å². The second-order valence-corrected chi connectivity index (χ2v) is 11.3. The van der Waals surface area contributed by atoms with E-state index < -0.39 is 5.97 Å². The molecule has 0 spiro atoms. The van der Waals surface area contributed by atoms with E-state index in [-0.39, 0.29) is 24.8 Å². The smallest absolute Gasteiger partial charge is 0.303 e. The number of hydrogen-bond donors (Lipinski definition) is 1. The van der Waals surface area contributed by atoms with Gasteiger partial charge in [-0.05, 0) is 49.2 Å². The van der Waals surface area contributed by atoms with E-state index in [1.54, 1.807) is 39.9 Å². The van der Waals surface area contributed by atoms with Crippen molar-refractivity contribution in [3.05, 3.63) is 107 Å². The zero-order valence-corrected chi connectivity index (χ0v) is 24.2. The maximum atomic E-state index is 14.1. The molecule has 4 aromatic rings. The molecule has 0 unspecified atom stereocenters. The SMILES string of the molecule is O=C(O)CCCCCN1C(=O)/C(=C/c2cn(-c3ccccc3)nc2-c2cccc(OCc3ccccc3F)c2)SC1=S. The van der Waals surface area contributed by atoms with Crippen molar-refractivity contribution in [2.45, 2.75) is 32.3 Å². The van der Waals surface area contributed by atoms with Crippen molar-refractivity contribution in [1.29, 1.82) is 0 Å². The Hall–Kier alpha value is -4.28. The van der Waals surface area contributed by atoms with Gasteiger partial charge in [-0.15, -0.1) is 0 Å². The molecule has 2 heterocycles. The molecule has 1 amide bonds. The van der Waals surface area contributed by atoms with Crippen LogP contribution < -0.4 is 4.74 Å². The van der Waals surface area contributed by atoms with Gasteiger partial charge < -0.3 is 9.84 Å². The summed E-state index contributed by atoms with van der Waals surface area (Å²) >= 11 is 6.75. The van der Waals surface area contributed by atoms with Crippen LogP contribution in [0.5, 0.6) is 5.75 Å². The maximum absolute atomic E-state index is 14.1. The maximum Gasteiger partial charge on any atom is 0.303 e. The van der Waals surface area contributed by atoms with Crippen LogP contribution in [0, 0.1) is 5.82 Å². The summed E-state index contributed by atoms with van der Waals surface area (Å²) in [6.45, 7) is 0.527. The second kappa shape index (κ2) is 13.6. The highest BCUT2D eigenvalue weighted by molar-refractivity contribution is 8.26. The molecule has 1 fully saturated rings. The number of unbranched alkanes of at least 4 members (excludes halogenated alkanes) is 2. The monoisotopic (exact) mass is 601 g/mol. The first-order chi connectivity index (χ1) is 20.4. The number of ether oxygens (including phenoxy) is 1. The summed E-state index contributed by atoms with van der Waals surface area (Å²) in [6.07, 6.45) is 5.72. The van der Waals surface area contributed by atoms with Crippen LogP contribution in [0.25, 0.3) is 23.0 Å². The Bertz CT molecular complexity index is 1640. The molecule has 0 atom stereocenters. The van der Waals surface area contributed by atoms with Gasteiger partial charge >= 0.3 is 5.97 Å². The van der Waals surface area contributed by atoms with Gasteiger partial charge in [0.05, 0.1) is 10.6 Å². The number of amides is 1. The number of carboxylic acid groups (broad SMARTS) is 1. The Kier molecular flexibility index (Phi) is 9.45.